The summed E-state index contributed by atoms with van der Waals surface area (Å²) in [6, 6.07) is 23.9. The average Bonchev–Trinajstić information content (AvgIpc) is 3.14. The maximum atomic E-state index is 12.4. The number of aliphatic imine (C=N–C) groups is 2. The van der Waals surface area contributed by atoms with Crippen molar-refractivity contribution in [3.63, 3.8) is 0 Å². The number of aryl methyl sites for hydroxylation is 1. The summed E-state index contributed by atoms with van der Waals surface area (Å²) in [5, 5.41) is 10.2. The van der Waals surface area contributed by atoms with Crippen LogP contribution in [0.2, 0.25) is 0 Å². The molecule has 0 fully saturated rings. The number of benzene rings is 3. The Morgan fingerprint density at radius 3 is 2.27 bits per heavy atom. The molecule has 1 aliphatic rings. The highest BCUT2D eigenvalue weighted by Crippen LogP contribution is 2.54. The molecule has 2 atom stereocenters. The van der Waals surface area contributed by atoms with Gasteiger partial charge in [-0.25, -0.2) is 9.98 Å². The predicted octanol–water partition coefficient (Wildman–Crippen LogP) is 5.67. The Morgan fingerprint density at radius 2 is 1.70 bits per heavy atom. The number of aliphatic carboxylic acids is 1. The van der Waals surface area contributed by atoms with Crippen LogP contribution in [0.25, 0.3) is 11.1 Å². The van der Waals surface area contributed by atoms with Gasteiger partial charge in [0.2, 0.25) is 0 Å². The van der Waals surface area contributed by atoms with Crippen molar-refractivity contribution in [1.82, 2.24) is 0 Å². The first-order valence-corrected chi connectivity index (χ1v) is 10.1. The van der Waals surface area contributed by atoms with E-state index < -0.39 is 17.3 Å². The molecule has 150 valence electrons. The van der Waals surface area contributed by atoms with Crippen LogP contribution in [-0.2, 0) is 16.6 Å². The molecule has 0 radical (unpaired) electrons. The van der Waals surface area contributed by atoms with E-state index in [2.05, 4.69) is 36.8 Å². The van der Waals surface area contributed by atoms with Gasteiger partial charge in [0.25, 0.3) is 0 Å². The SMILES string of the molecule is C=NC1=Nc2ccc(CC)c(-c3ccccc3)c2C1(c1ccccc1)C(C)C(=O)O. The van der Waals surface area contributed by atoms with E-state index in [1.165, 1.54) is 0 Å². The van der Waals surface area contributed by atoms with Gasteiger partial charge in [-0.2, -0.15) is 0 Å². The Kier molecular flexibility index (Phi) is 5.08. The third-order valence-electron chi connectivity index (χ3n) is 6.09. The number of fused-ring (bicyclic) bond motifs is 1. The number of rotatable bonds is 5. The van der Waals surface area contributed by atoms with Gasteiger partial charge in [0.05, 0.1) is 17.0 Å². The maximum absolute atomic E-state index is 12.4. The van der Waals surface area contributed by atoms with Crippen molar-refractivity contribution >= 4 is 24.2 Å². The lowest BCUT2D eigenvalue weighted by atomic mass is 9.64. The van der Waals surface area contributed by atoms with Crippen molar-refractivity contribution in [2.45, 2.75) is 25.7 Å². The minimum absolute atomic E-state index is 0.434. The molecule has 0 saturated carbocycles. The van der Waals surface area contributed by atoms with Gasteiger partial charge in [0.15, 0.2) is 0 Å². The van der Waals surface area contributed by atoms with Gasteiger partial charge in [-0.1, -0.05) is 80.6 Å². The van der Waals surface area contributed by atoms with Gasteiger partial charge in [0.1, 0.15) is 5.84 Å². The number of carboxylic acids is 1. The Bertz CT molecular complexity index is 1140. The summed E-state index contributed by atoms with van der Waals surface area (Å²) in [7, 11) is 0. The van der Waals surface area contributed by atoms with Crippen LogP contribution in [0.5, 0.6) is 0 Å². The molecule has 2 unspecified atom stereocenters. The van der Waals surface area contributed by atoms with E-state index in [0.29, 0.717) is 5.84 Å². The third kappa shape index (κ3) is 2.79. The van der Waals surface area contributed by atoms with Gasteiger partial charge in [-0.3, -0.25) is 4.79 Å². The first-order valence-electron chi connectivity index (χ1n) is 10.1. The monoisotopic (exact) mass is 396 g/mol. The Labute approximate surface area is 176 Å². The topological polar surface area (TPSA) is 62.0 Å². The minimum Gasteiger partial charge on any atom is -0.481 e. The van der Waals surface area contributed by atoms with E-state index in [0.717, 1.165) is 39.9 Å². The number of hydrogen-bond acceptors (Lipinski definition) is 3. The van der Waals surface area contributed by atoms with E-state index in [4.69, 9.17) is 4.99 Å². The van der Waals surface area contributed by atoms with Crippen LogP contribution < -0.4 is 0 Å². The van der Waals surface area contributed by atoms with Gasteiger partial charge in [0, 0.05) is 5.56 Å². The van der Waals surface area contributed by atoms with E-state index in [1.54, 1.807) is 6.92 Å². The highest BCUT2D eigenvalue weighted by atomic mass is 16.4. The van der Waals surface area contributed by atoms with Crippen molar-refractivity contribution < 1.29 is 9.90 Å². The summed E-state index contributed by atoms with van der Waals surface area (Å²) in [4.78, 5) is 21.5. The first kappa shape index (κ1) is 19.8. The highest BCUT2D eigenvalue weighted by molar-refractivity contribution is 6.10. The molecule has 1 heterocycles. The molecular formula is C26H24N2O2. The molecule has 1 N–H and O–H groups in total. The van der Waals surface area contributed by atoms with Crippen molar-refractivity contribution in [2.24, 2.45) is 15.9 Å². The molecule has 0 aliphatic carbocycles. The van der Waals surface area contributed by atoms with Crippen LogP contribution in [-0.4, -0.2) is 23.6 Å². The largest absolute Gasteiger partial charge is 0.481 e. The minimum atomic E-state index is -1.03. The van der Waals surface area contributed by atoms with Crippen LogP contribution in [0.3, 0.4) is 0 Å². The molecule has 0 bridgehead atoms. The smallest absolute Gasteiger partial charge is 0.307 e. The molecule has 0 aromatic heterocycles. The van der Waals surface area contributed by atoms with Crippen LogP contribution in [0.4, 0.5) is 5.69 Å². The van der Waals surface area contributed by atoms with E-state index >= 15 is 0 Å². The lowest BCUT2D eigenvalue weighted by Crippen LogP contribution is -2.44. The number of carbonyl (C=O) groups is 1. The summed E-state index contributed by atoms with van der Waals surface area (Å²) < 4.78 is 0. The third-order valence-corrected chi connectivity index (χ3v) is 6.09. The number of hydrogen-bond donors (Lipinski definition) is 1. The summed E-state index contributed by atoms with van der Waals surface area (Å²) in [5.74, 6) is -1.26. The second kappa shape index (κ2) is 7.71. The van der Waals surface area contributed by atoms with Crippen molar-refractivity contribution in [2.75, 3.05) is 0 Å². The summed E-state index contributed by atoms with van der Waals surface area (Å²) in [6.45, 7) is 7.61. The molecule has 1 aliphatic heterocycles. The zero-order valence-electron chi connectivity index (χ0n) is 17.2. The van der Waals surface area contributed by atoms with Crippen molar-refractivity contribution in [3.8, 4) is 11.1 Å². The zero-order chi connectivity index (χ0) is 21.3. The van der Waals surface area contributed by atoms with Crippen LogP contribution in [0, 0.1) is 5.92 Å². The zero-order valence-corrected chi connectivity index (χ0v) is 17.2. The molecule has 3 aromatic rings. The van der Waals surface area contributed by atoms with Crippen LogP contribution in [0.1, 0.15) is 30.5 Å². The maximum Gasteiger partial charge on any atom is 0.307 e. The van der Waals surface area contributed by atoms with Crippen LogP contribution in [0.15, 0.2) is 82.8 Å². The second-order valence-electron chi connectivity index (χ2n) is 7.54. The molecular weight excluding hydrogens is 372 g/mol. The summed E-state index contributed by atoms with van der Waals surface area (Å²) >= 11 is 0. The fourth-order valence-corrected chi connectivity index (χ4v) is 4.65. The molecule has 0 spiro atoms. The molecule has 30 heavy (non-hydrogen) atoms. The van der Waals surface area contributed by atoms with E-state index in [9.17, 15) is 9.90 Å². The standard InChI is InChI=1S/C26H24N2O2/c1-4-18-15-16-21-23(22(18)19-11-7-5-8-12-19)26(17(2)24(29)30,25(27-3)28-21)20-13-9-6-10-14-20/h5-17H,3-4H2,1-2H3,(H,29,30). The number of carboxylic acid groups (broad SMARTS) is 1. The molecule has 4 rings (SSSR count). The quantitative estimate of drug-likeness (QED) is 0.565. The first-order chi connectivity index (χ1) is 14.6. The van der Waals surface area contributed by atoms with Gasteiger partial charge in [-0.05, 0) is 41.5 Å². The molecule has 4 nitrogen and oxygen atoms in total. The Balaban J connectivity index is 2.18. The highest BCUT2D eigenvalue weighted by Gasteiger charge is 2.53. The van der Waals surface area contributed by atoms with Crippen molar-refractivity contribution in [1.29, 1.82) is 0 Å². The van der Waals surface area contributed by atoms with Crippen LogP contribution >= 0.6 is 0 Å². The number of amidine groups is 1. The summed E-state index contributed by atoms with van der Waals surface area (Å²) in [5.41, 5.74) is 4.72. The summed E-state index contributed by atoms with van der Waals surface area (Å²) in [6.07, 6.45) is 0.820. The lowest BCUT2D eigenvalue weighted by Gasteiger charge is -2.36. The van der Waals surface area contributed by atoms with Gasteiger partial charge >= 0.3 is 5.97 Å². The normalized spacial score (nSPS) is 18.4. The van der Waals surface area contributed by atoms with E-state index in [-0.39, 0.29) is 0 Å². The van der Waals surface area contributed by atoms with Gasteiger partial charge < -0.3 is 5.11 Å². The number of nitrogens with zero attached hydrogens (tertiary/aromatic N) is 2. The molecule has 0 saturated heterocycles. The van der Waals surface area contributed by atoms with E-state index in [1.807, 2.05) is 54.6 Å². The molecule has 0 amide bonds. The molecule has 3 aromatic carbocycles. The Morgan fingerprint density at radius 1 is 1.07 bits per heavy atom. The van der Waals surface area contributed by atoms with Gasteiger partial charge in [-0.15, -0.1) is 0 Å². The average molecular weight is 396 g/mol. The fourth-order valence-electron chi connectivity index (χ4n) is 4.65. The second-order valence-corrected chi connectivity index (χ2v) is 7.54. The molecule has 4 heteroatoms. The fraction of sp³-hybridized carbons (Fsp3) is 0.192. The Hall–Kier alpha value is -3.53. The lowest BCUT2D eigenvalue weighted by molar-refractivity contribution is -0.142. The predicted molar refractivity (Wildman–Crippen MR) is 122 cm³/mol. The van der Waals surface area contributed by atoms with Crippen molar-refractivity contribution in [3.05, 3.63) is 89.5 Å².